The molecule has 0 spiro atoms. The highest BCUT2D eigenvalue weighted by Crippen LogP contribution is 2.33. The number of nitrogens with zero attached hydrogens (tertiary/aromatic N) is 1. The summed E-state index contributed by atoms with van der Waals surface area (Å²) in [6, 6.07) is 5.19. The third kappa shape index (κ3) is 4.71. The highest BCUT2D eigenvalue weighted by molar-refractivity contribution is 7.12. The number of hydrogen-bond donors (Lipinski definition) is 1. The SMILES string of the molecule is CC(=O)CNC(=O)c1csc(C(=O)C2=CCc3c(C(=O)OC(C)(C)C)cccc32)n1. The van der Waals surface area contributed by atoms with Gasteiger partial charge in [-0.15, -0.1) is 11.3 Å². The molecule has 0 atom stereocenters. The van der Waals surface area contributed by atoms with Gasteiger partial charge in [0, 0.05) is 11.0 Å². The molecule has 3 rings (SSSR count). The molecule has 2 aromatic rings. The van der Waals surface area contributed by atoms with Gasteiger partial charge in [0.25, 0.3) is 5.91 Å². The normalized spacial score (nSPS) is 12.7. The molecule has 1 heterocycles. The molecular weight excluding hydrogens is 404 g/mol. The van der Waals surface area contributed by atoms with Gasteiger partial charge in [-0.1, -0.05) is 18.2 Å². The molecule has 0 saturated heterocycles. The summed E-state index contributed by atoms with van der Waals surface area (Å²) in [5.74, 6) is -1.43. The zero-order valence-corrected chi connectivity index (χ0v) is 18.0. The van der Waals surface area contributed by atoms with Crippen LogP contribution in [0.25, 0.3) is 5.57 Å². The summed E-state index contributed by atoms with van der Waals surface area (Å²) in [5, 5.41) is 4.11. The number of benzene rings is 1. The molecule has 1 N–H and O–H groups in total. The maximum absolute atomic E-state index is 13.0. The summed E-state index contributed by atoms with van der Waals surface area (Å²) < 4.78 is 5.47. The zero-order chi connectivity index (χ0) is 22.1. The summed E-state index contributed by atoms with van der Waals surface area (Å²) >= 11 is 1.06. The number of ketones is 2. The van der Waals surface area contributed by atoms with Crippen molar-refractivity contribution in [3.63, 3.8) is 0 Å². The van der Waals surface area contributed by atoms with Gasteiger partial charge >= 0.3 is 5.97 Å². The number of carbonyl (C=O) groups is 4. The topological polar surface area (TPSA) is 102 Å². The summed E-state index contributed by atoms with van der Waals surface area (Å²) in [6.07, 6.45) is 2.20. The molecule has 1 aliphatic carbocycles. The van der Waals surface area contributed by atoms with Crippen LogP contribution >= 0.6 is 11.3 Å². The van der Waals surface area contributed by atoms with Gasteiger partial charge in [-0.25, -0.2) is 9.78 Å². The number of rotatable bonds is 6. The van der Waals surface area contributed by atoms with Crippen molar-refractivity contribution < 1.29 is 23.9 Å². The highest BCUT2D eigenvalue weighted by atomic mass is 32.1. The van der Waals surface area contributed by atoms with Crippen LogP contribution in [0.3, 0.4) is 0 Å². The smallest absolute Gasteiger partial charge is 0.338 e. The van der Waals surface area contributed by atoms with E-state index in [1.807, 2.05) is 0 Å². The Balaban J connectivity index is 1.81. The lowest BCUT2D eigenvalue weighted by Gasteiger charge is -2.20. The van der Waals surface area contributed by atoms with Gasteiger partial charge in [-0.2, -0.15) is 0 Å². The molecule has 1 aromatic carbocycles. The van der Waals surface area contributed by atoms with Crippen molar-refractivity contribution in [1.82, 2.24) is 10.3 Å². The lowest BCUT2D eigenvalue weighted by atomic mass is 9.98. The Morgan fingerprint density at radius 2 is 1.93 bits per heavy atom. The molecule has 0 bridgehead atoms. The van der Waals surface area contributed by atoms with Crippen molar-refractivity contribution >= 4 is 40.4 Å². The van der Waals surface area contributed by atoms with Gasteiger partial charge < -0.3 is 10.1 Å². The molecule has 156 valence electrons. The van der Waals surface area contributed by atoms with Crippen LogP contribution in [0, 0.1) is 0 Å². The Bertz CT molecular complexity index is 1080. The van der Waals surface area contributed by atoms with E-state index in [1.165, 1.54) is 12.3 Å². The van der Waals surface area contributed by atoms with Crippen molar-refractivity contribution in [3.05, 3.63) is 57.0 Å². The average Bonchev–Trinajstić information content (AvgIpc) is 3.31. The van der Waals surface area contributed by atoms with Crippen molar-refractivity contribution in [1.29, 1.82) is 0 Å². The largest absolute Gasteiger partial charge is 0.456 e. The quantitative estimate of drug-likeness (QED) is 0.562. The maximum atomic E-state index is 13.0. The Morgan fingerprint density at radius 1 is 1.20 bits per heavy atom. The molecule has 8 heteroatoms. The first kappa shape index (κ1) is 21.6. The number of esters is 1. The molecule has 0 saturated carbocycles. The van der Waals surface area contributed by atoms with E-state index in [-0.39, 0.29) is 28.8 Å². The predicted molar refractivity (Wildman–Crippen MR) is 113 cm³/mol. The second kappa shape index (κ2) is 8.31. The van der Waals surface area contributed by atoms with Crippen LogP contribution in [0.2, 0.25) is 0 Å². The van der Waals surface area contributed by atoms with Gasteiger partial charge in [0.1, 0.15) is 17.1 Å². The molecule has 1 aliphatic rings. The number of Topliss-reactive ketones (excluding diaryl/α,β-unsaturated/α-hetero) is 2. The van der Waals surface area contributed by atoms with Gasteiger partial charge in [0.15, 0.2) is 5.01 Å². The molecule has 7 nitrogen and oxygen atoms in total. The second-order valence-corrected chi connectivity index (χ2v) is 8.77. The molecule has 0 radical (unpaired) electrons. The first-order valence-electron chi connectivity index (χ1n) is 9.40. The van der Waals surface area contributed by atoms with Crippen LogP contribution in [0.15, 0.2) is 29.7 Å². The van der Waals surface area contributed by atoms with Crippen molar-refractivity contribution in [2.75, 3.05) is 6.54 Å². The van der Waals surface area contributed by atoms with E-state index in [4.69, 9.17) is 4.74 Å². The fraction of sp³-hybridized carbons (Fsp3) is 0.318. The third-order valence-electron chi connectivity index (χ3n) is 4.27. The van der Waals surface area contributed by atoms with Crippen molar-refractivity contribution in [3.8, 4) is 0 Å². The van der Waals surface area contributed by atoms with E-state index in [1.54, 1.807) is 45.0 Å². The Labute approximate surface area is 178 Å². The summed E-state index contributed by atoms with van der Waals surface area (Å²) in [6.45, 7) is 6.67. The lowest BCUT2D eigenvalue weighted by molar-refractivity contribution is -0.116. The fourth-order valence-electron chi connectivity index (χ4n) is 3.01. The van der Waals surface area contributed by atoms with Crippen LogP contribution in [-0.4, -0.2) is 40.6 Å². The zero-order valence-electron chi connectivity index (χ0n) is 17.2. The third-order valence-corrected chi connectivity index (χ3v) is 5.11. The number of fused-ring (bicyclic) bond motifs is 1. The van der Waals surface area contributed by atoms with E-state index in [2.05, 4.69) is 10.3 Å². The molecular formula is C22H22N2O5S. The van der Waals surface area contributed by atoms with E-state index in [0.717, 1.165) is 16.9 Å². The molecule has 0 unspecified atom stereocenters. The first-order valence-corrected chi connectivity index (χ1v) is 10.3. The standard InChI is InChI=1S/C22H22N2O5S/c1-12(25)10-23-19(27)17-11-30-20(24-17)18(26)15-9-8-14-13(15)6-5-7-16(14)21(28)29-22(2,3)4/h5-7,9,11H,8,10H2,1-4H3,(H,23,27). The first-order chi connectivity index (χ1) is 14.1. The minimum atomic E-state index is -0.620. The summed E-state index contributed by atoms with van der Waals surface area (Å²) in [5.41, 5.74) is 1.76. The highest BCUT2D eigenvalue weighted by Gasteiger charge is 2.29. The van der Waals surface area contributed by atoms with Gasteiger partial charge in [0.05, 0.1) is 12.1 Å². The lowest BCUT2D eigenvalue weighted by Crippen LogP contribution is -2.28. The van der Waals surface area contributed by atoms with Crippen LogP contribution in [0.4, 0.5) is 0 Å². The predicted octanol–water partition coefficient (Wildman–Crippen LogP) is 3.24. The number of amides is 1. The van der Waals surface area contributed by atoms with Gasteiger partial charge in [-0.05, 0) is 51.3 Å². The van der Waals surface area contributed by atoms with Crippen molar-refractivity contribution in [2.24, 2.45) is 0 Å². The summed E-state index contributed by atoms with van der Waals surface area (Å²) in [7, 11) is 0. The van der Waals surface area contributed by atoms with E-state index < -0.39 is 17.5 Å². The number of thiazole rings is 1. The number of carbonyl (C=O) groups excluding carboxylic acids is 4. The molecule has 0 fully saturated rings. The second-order valence-electron chi connectivity index (χ2n) is 7.91. The van der Waals surface area contributed by atoms with Gasteiger partial charge in [-0.3, -0.25) is 14.4 Å². The number of aromatic nitrogens is 1. The Kier molecular flexibility index (Phi) is 5.98. The fourth-order valence-corrected chi connectivity index (χ4v) is 3.76. The Morgan fingerprint density at radius 3 is 2.60 bits per heavy atom. The maximum Gasteiger partial charge on any atom is 0.338 e. The van der Waals surface area contributed by atoms with Crippen molar-refractivity contribution in [2.45, 2.75) is 39.7 Å². The number of allylic oxidation sites excluding steroid dienone is 2. The average molecular weight is 426 g/mol. The van der Waals surface area contributed by atoms with Crippen LogP contribution < -0.4 is 5.32 Å². The summed E-state index contributed by atoms with van der Waals surface area (Å²) in [4.78, 5) is 52.7. The minimum Gasteiger partial charge on any atom is -0.456 e. The van der Waals surface area contributed by atoms with Crippen LogP contribution in [-0.2, 0) is 16.0 Å². The minimum absolute atomic E-state index is 0.0888. The number of nitrogens with one attached hydrogen (secondary N) is 1. The van der Waals surface area contributed by atoms with Crippen LogP contribution in [0.1, 0.15) is 69.5 Å². The van der Waals surface area contributed by atoms with E-state index in [0.29, 0.717) is 23.1 Å². The van der Waals surface area contributed by atoms with Crippen LogP contribution in [0.5, 0.6) is 0 Å². The number of ether oxygens (including phenoxy) is 1. The Hall–Kier alpha value is -3.13. The molecule has 1 aromatic heterocycles. The monoisotopic (exact) mass is 426 g/mol. The van der Waals surface area contributed by atoms with Gasteiger partial charge in [0.2, 0.25) is 5.78 Å². The van der Waals surface area contributed by atoms with E-state index >= 15 is 0 Å². The molecule has 30 heavy (non-hydrogen) atoms. The molecule has 0 aliphatic heterocycles. The van der Waals surface area contributed by atoms with E-state index in [9.17, 15) is 19.2 Å². The molecule has 1 amide bonds. The number of hydrogen-bond acceptors (Lipinski definition) is 7.